The standard InChI is InChI=1S/C16H25N3O4/c1-11-13(12(2)19(3)18-11)4-5-14(20)17-10-16(15(21)22)6-8-23-9-7-16/h4-10H2,1-3H3,(H,17,20)(H,21,22). The number of ether oxygens (including phenoxy) is 1. The fourth-order valence-electron chi connectivity index (χ4n) is 3.00. The highest BCUT2D eigenvalue weighted by atomic mass is 16.5. The minimum absolute atomic E-state index is 0.125. The van der Waals surface area contributed by atoms with E-state index in [0.717, 1.165) is 17.0 Å². The van der Waals surface area contributed by atoms with Crippen LogP contribution in [0.25, 0.3) is 0 Å². The molecule has 7 nitrogen and oxygen atoms in total. The van der Waals surface area contributed by atoms with Gasteiger partial charge in [0.05, 0.1) is 11.1 Å². The molecule has 0 bridgehead atoms. The molecule has 0 aromatic carbocycles. The first-order valence-corrected chi connectivity index (χ1v) is 7.92. The number of nitrogens with one attached hydrogen (secondary N) is 1. The molecule has 2 N–H and O–H groups in total. The number of carbonyl (C=O) groups is 2. The number of hydrogen-bond acceptors (Lipinski definition) is 4. The average molecular weight is 323 g/mol. The van der Waals surface area contributed by atoms with Crippen LogP contribution in [0.1, 0.15) is 36.2 Å². The number of rotatable bonds is 6. The van der Waals surface area contributed by atoms with Crippen LogP contribution in [-0.4, -0.2) is 46.5 Å². The van der Waals surface area contributed by atoms with Crippen LogP contribution in [0, 0.1) is 19.3 Å². The molecule has 0 unspecified atom stereocenters. The zero-order valence-corrected chi connectivity index (χ0v) is 14.0. The summed E-state index contributed by atoms with van der Waals surface area (Å²) in [6.07, 6.45) is 1.81. The van der Waals surface area contributed by atoms with Gasteiger partial charge in [-0.15, -0.1) is 0 Å². The Hall–Kier alpha value is -1.89. The molecule has 2 heterocycles. The number of hydrogen-bond donors (Lipinski definition) is 2. The summed E-state index contributed by atoms with van der Waals surface area (Å²) < 4.78 is 7.04. The predicted molar refractivity (Wildman–Crippen MR) is 84.1 cm³/mol. The van der Waals surface area contributed by atoms with E-state index in [0.29, 0.717) is 38.9 Å². The minimum atomic E-state index is -0.895. The van der Waals surface area contributed by atoms with Crippen molar-refractivity contribution in [1.82, 2.24) is 15.1 Å². The molecule has 1 aliphatic rings. The maximum atomic E-state index is 12.1. The van der Waals surface area contributed by atoms with Crippen LogP contribution in [0.5, 0.6) is 0 Å². The lowest BCUT2D eigenvalue weighted by Crippen LogP contribution is -2.46. The number of aliphatic carboxylic acids is 1. The summed E-state index contributed by atoms with van der Waals surface area (Å²) in [5, 5.41) is 16.6. The number of aromatic nitrogens is 2. The van der Waals surface area contributed by atoms with Gasteiger partial charge in [-0.25, -0.2) is 0 Å². The first kappa shape index (κ1) is 17.5. The number of carboxylic acids is 1. The summed E-state index contributed by atoms with van der Waals surface area (Å²) in [5.41, 5.74) is 2.18. The molecule has 1 aromatic rings. The van der Waals surface area contributed by atoms with Crippen molar-refractivity contribution in [2.75, 3.05) is 19.8 Å². The van der Waals surface area contributed by atoms with E-state index in [-0.39, 0.29) is 12.5 Å². The van der Waals surface area contributed by atoms with Crippen LogP contribution in [-0.2, 0) is 27.8 Å². The lowest BCUT2D eigenvalue weighted by Gasteiger charge is -2.33. The molecule has 0 radical (unpaired) electrons. The summed E-state index contributed by atoms with van der Waals surface area (Å²) in [5.74, 6) is -0.986. The first-order chi connectivity index (χ1) is 10.9. The zero-order chi connectivity index (χ0) is 17.0. The maximum absolute atomic E-state index is 12.1. The van der Waals surface area contributed by atoms with Gasteiger partial charge in [0.2, 0.25) is 5.91 Å². The van der Waals surface area contributed by atoms with E-state index in [1.165, 1.54) is 0 Å². The molecule has 1 amide bonds. The number of aryl methyl sites for hydroxylation is 2. The van der Waals surface area contributed by atoms with Crippen LogP contribution >= 0.6 is 0 Å². The lowest BCUT2D eigenvalue weighted by atomic mass is 9.80. The third-order valence-electron chi connectivity index (χ3n) is 4.79. The molecular formula is C16H25N3O4. The van der Waals surface area contributed by atoms with Gasteiger partial charge in [0.15, 0.2) is 0 Å². The highest BCUT2D eigenvalue weighted by Gasteiger charge is 2.40. The Morgan fingerprint density at radius 2 is 2.00 bits per heavy atom. The second-order valence-electron chi connectivity index (χ2n) is 6.25. The molecule has 1 fully saturated rings. The maximum Gasteiger partial charge on any atom is 0.311 e. The average Bonchev–Trinajstić information content (AvgIpc) is 2.77. The summed E-state index contributed by atoms with van der Waals surface area (Å²) in [6.45, 7) is 4.93. The van der Waals surface area contributed by atoms with Crippen LogP contribution in [0.15, 0.2) is 0 Å². The van der Waals surface area contributed by atoms with E-state index >= 15 is 0 Å². The molecule has 0 aliphatic carbocycles. The SMILES string of the molecule is Cc1nn(C)c(C)c1CCC(=O)NCC1(C(=O)O)CCOCC1. The molecule has 1 aromatic heterocycles. The Bertz CT molecular complexity index is 588. The van der Waals surface area contributed by atoms with Gasteiger partial charge in [-0.05, 0) is 38.7 Å². The van der Waals surface area contributed by atoms with Gasteiger partial charge in [-0.3, -0.25) is 14.3 Å². The number of nitrogens with zero attached hydrogens (tertiary/aromatic N) is 2. The number of carboxylic acid groups (broad SMARTS) is 1. The second-order valence-corrected chi connectivity index (χ2v) is 6.25. The van der Waals surface area contributed by atoms with Crippen molar-refractivity contribution in [3.8, 4) is 0 Å². The topological polar surface area (TPSA) is 93.5 Å². The first-order valence-electron chi connectivity index (χ1n) is 7.92. The van der Waals surface area contributed by atoms with Crippen molar-refractivity contribution < 1.29 is 19.4 Å². The predicted octanol–water partition coefficient (Wildman–Crippen LogP) is 0.967. The van der Waals surface area contributed by atoms with Gasteiger partial charge in [0, 0.05) is 38.9 Å². The van der Waals surface area contributed by atoms with E-state index in [2.05, 4.69) is 10.4 Å². The second kappa shape index (κ2) is 7.12. The Morgan fingerprint density at radius 1 is 1.35 bits per heavy atom. The Morgan fingerprint density at radius 3 is 2.52 bits per heavy atom. The summed E-state index contributed by atoms with van der Waals surface area (Å²) in [7, 11) is 1.88. The van der Waals surface area contributed by atoms with Crippen molar-refractivity contribution in [3.05, 3.63) is 17.0 Å². The molecule has 128 valence electrons. The van der Waals surface area contributed by atoms with Gasteiger partial charge in [-0.2, -0.15) is 5.10 Å². The van der Waals surface area contributed by atoms with Gasteiger partial charge in [0.1, 0.15) is 0 Å². The highest BCUT2D eigenvalue weighted by Crippen LogP contribution is 2.30. The fraction of sp³-hybridized carbons (Fsp3) is 0.688. The van der Waals surface area contributed by atoms with Gasteiger partial charge < -0.3 is 15.2 Å². The summed E-state index contributed by atoms with van der Waals surface area (Å²) >= 11 is 0. The molecule has 0 atom stereocenters. The molecule has 1 aliphatic heterocycles. The molecule has 0 saturated carbocycles. The van der Waals surface area contributed by atoms with E-state index < -0.39 is 11.4 Å². The van der Waals surface area contributed by atoms with Crippen molar-refractivity contribution in [3.63, 3.8) is 0 Å². The van der Waals surface area contributed by atoms with Gasteiger partial charge >= 0.3 is 5.97 Å². The van der Waals surface area contributed by atoms with Gasteiger partial charge in [0.25, 0.3) is 0 Å². The van der Waals surface area contributed by atoms with Crippen LogP contribution < -0.4 is 5.32 Å². The highest BCUT2D eigenvalue weighted by molar-refractivity contribution is 5.79. The Labute approximate surface area is 136 Å². The normalized spacial score (nSPS) is 17.0. The molecule has 2 rings (SSSR count). The van der Waals surface area contributed by atoms with E-state index in [1.54, 1.807) is 0 Å². The largest absolute Gasteiger partial charge is 0.481 e. The van der Waals surface area contributed by atoms with Crippen LogP contribution in [0.4, 0.5) is 0 Å². The van der Waals surface area contributed by atoms with E-state index in [1.807, 2.05) is 25.6 Å². The van der Waals surface area contributed by atoms with Crippen molar-refractivity contribution in [2.45, 2.75) is 39.5 Å². The monoisotopic (exact) mass is 323 g/mol. The Kier molecular flexibility index (Phi) is 5.41. The third-order valence-corrected chi connectivity index (χ3v) is 4.79. The Balaban J connectivity index is 1.88. The van der Waals surface area contributed by atoms with Gasteiger partial charge in [-0.1, -0.05) is 0 Å². The molecule has 1 saturated heterocycles. The van der Waals surface area contributed by atoms with Crippen molar-refractivity contribution >= 4 is 11.9 Å². The van der Waals surface area contributed by atoms with Crippen molar-refractivity contribution in [1.29, 1.82) is 0 Å². The van der Waals surface area contributed by atoms with E-state index in [4.69, 9.17) is 4.74 Å². The fourth-order valence-corrected chi connectivity index (χ4v) is 3.00. The van der Waals surface area contributed by atoms with E-state index in [9.17, 15) is 14.7 Å². The number of carbonyl (C=O) groups excluding carboxylic acids is 1. The zero-order valence-electron chi connectivity index (χ0n) is 14.0. The smallest absolute Gasteiger partial charge is 0.311 e. The molecule has 7 heteroatoms. The van der Waals surface area contributed by atoms with Crippen LogP contribution in [0.2, 0.25) is 0 Å². The minimum Gasteiger partial charge on any atom is -0.481 e. The molecule has 0 spiro atoms. The summed E-state index contributed by atoms with van der Waals surface area (Å²) in [6, 6.07) is 0. The quantitative estimate of drug-likeness (QED) is 0.813. The lowest BCUT2D eigenvalue weighted by molar-refractivity contribution is -0.154. The molecule has 23 heavy (non-hydrogen) atoms. The number of amides is 1. The third kappa shape index (κ3) is 3.90. The van der Waals surface area contributed by atoms with Crippen molar-refractivity contribution in [2.24, 2.45) is 12.5 Å². The van der Waals surface area contributed by atoms with Crippen LogP contribution in [0.3, 0.4) is 0 Å². The molecular weight excluding hydrogens is 298 g/mol. The summed E-state index contributed by atoms with van der Waals surface area (Å²) in [4.78, 5) is 23.6.